The van der Waals surface area contributed by atoms with Gasteiger partial charge in [0.25, 0.3) is 0 Å². The topological polar surface area (TPSA) is 87.7 Å². The number of thiol groups is 1. The third-order valence-electron chi connectivity index (χ3n) is 1.34. The molecule has 0 aromatic carbocycles. The highest BCUT2D eigenvalue weighted by atomic mass is 35.5. The number of aliphatic carboxylic acids is 1. The van der Waals surface area contributed by atoms with Gasteiger partial charge in [-0.1, -0.05) is 0 Å². The molecule has 0 spiro atoms. The van der Waals surface area contributed by atoms with Gasteiger partial charge in [-0.15, -0.1) is 12.4 Å². The molecule has 0 bridgehead atoms. The zero-order chi connectivity index (χ0) is 10.3. The van der Waals surface area contributed by atoms with E-state index in [0.717, 1.165) is 0 Å². The Kier molecular flexibility index (Phi) is 10.4. The van der Waals surface area contributed by atoms with Crippen molar-refractivity contribution in [1.82, 2.24) is 5.32 Å². The number of hydrogen-bond donors (Lipinski definition) is 4. The van der Waals surface area contributed by atoms with E-state index in [1.807, 2.05) is 0 Å². The van der Waals surface area contributed by atoms with Gasteiger partial charge in [-0.05, 0) is 6.92 Å². The Bertz CT molecular complexity index is 197. The largest absolute Gasteiger partial charge is 0.480 e. The van der Waals surface area contributed by atoms with E-state index in [0.29, 0.717) is 18.9 Å². The molecule has 0 aromatic rings. The lowest BCUT2D eigenvalue weighted by Crippen LogP contribution is -2.39. The number of amidine groups is 1. The van der Waals surface area contributed by atoms with E-state index in [1.165, 1.54) is 0 Å². The molecule has 0 saturated carbocycles. The lowest BCUT2D eigenvalue weighted by atomic mass is 10.3. The predicted octanol–water partition coefficient (Wildman–Crippen LogP) is -0.242. The molecule has 84 valence electrons. The number of nitrogens with one attached hydrogen (secondary N) is 1. The average Bonchev–Trinajstić information content (AvgIpc) is 2.03. The van der Waals surface area contributed by atoms with Gasteiger partial charge >= 0.3 is 5.97 Å². The molecule has 0 aromatic heterocycles. The Morgan fingerprint density at radius 1 is 1.71 bits per heavy atom. The molecule has 0 aliphatic heterocycles. The molecule has 5 nitrogen and oxygen atoms in total. The van der Waals surface area contributed by atoms with Gasteiger partial charge in [0.05, 0.1) is 12.4 Å². The van der Waals surface area contributed by atoms with Crippen LogP contribution in [0.5, 0.6) is 0 Å². The third-order valence-corrected chi connectivity index (χ3v) is 1.71. The standard InChI is InChI=1S/C7H15N3O2S.ClH/c1-5(8)9-2-3-10-6(4-13)7(11)12;/h6,10,13H,2-4H2,1H3,(H2,8,9)(H,11,12);1H/t6-;/m0./s1. The predicted molar refractivity (Wildman–Crippen MR) is 62.7 cm³/mol. The first-order chi connectivity index (χ1) is 6.07. The maximum Gasteiger partial charge on any atom is 0.321 e. The van der Waals surface area contributed by atoms with Crippen molar-refractivity contribution in [2.45, 2.75) is 13.0 Å². The first-order valence-corrected chi connectivity index (χ1v) is 4.54. The van der Waals surface area contributed by atoms with Crippen LogP contribution in [0, 0.1) is 0 Å². The van der Waals surface area contributed by atoms with Gasteiger partial charge in [0.15, 0.2) is 0 Å². The van der Waals surface area contributed by atoms with Crippen LogP contribution in [0.1, 0.15) is 6.92 Å². The molecule has 7 heteroatoms. The van der Waals surface area contributed by atoms with Gasteiger partial charge in [0, 0.05) is 12.3 Å². The summed E-state index contributed by atoms with van der Waals surface area (Å²) in [7, 11) is 0. The Balaban J connectivity index is 0. The molecule has 0 heterocycles. The van der Waals surface area contributed by atoms with Crippen molar-refractivity contribution in [3.63, 3.8) is 0 Å². The maximum absolute atomic E-state index is 10.5. The maximum atomic E-state index is 10.5. The summed E-state index contributed by atoms with van der Waals surface area (Å²) in [6, 6.07) is -0.614. The fourth-order valence-corrected chi connectivity index (χ4v) is 0.986. The van der Waals surface area contributed by atoms with E-state index in [2.05, 4.69) is 22.9 Å². The van der Waals surface area contributed by atoms with Crippen molar-refractivity contribution in [2.75, 3.05) is 18.8 Å². The molecule has 0 fully saturated rings. The minimum absolute atomic E-state index is 0. The van der Waals surface area contributed by atoms with Crippen molar-refractivity contribution in [1.29, 1.82) is 0 Å². The number of halogens is 1. The van der Waals surface area contributed by atoms with Crippen LogP contribution in [-0.4, -0.2) is 41.8 Å². The number of carboxylic acid groups (broad SMARTS) is 1. The number of nitrogens with two attached hydrogens (primary N) is 1. The Labute approximate surface area is 95.0 Å². The van der Waals surface area contributed by atoms with Gasteiger partial charge < -0.3 is 16.2 Å². The lowest BCUT2D eigenvalue weighted by Gasteiger charge is -2.09. The Morgan fingerprint density at radius 3 is 2.64 bits per heavy atom. The van der Waals surface area contributed by atoms with E-state index in [1.54, 1.807) is 6.92 Å². The van der Waals surface area contributed by atoms with Crippen LogP contribution in [0.15, 0.2) is 4.99 Å². The normalized spacial score (nSPS) is 13.1. The number of rotatable bonds is 6. The minimum Gasteiger partial charge on any atom is -0.480 e. The van der Waals surface area contributed by atoms with Crippen LogP contribution in [-0.2, 0) is 4.79 Å². The van der Waals surface area contributed by atoms with Crippen molar-refractivity contribution in [3.8, 4) is 0 Å². The second kappa shape index (κ2) is 9.11. The Hall–Kier alpha value is -0.460. The zero-order valence-electron chi connectivity index (χ0n) is 7.93. The molecular weight excluding hydrogens is 226 g/mol. The molecule has 0 unspecified atom stereocenters. The van der Waals surface area contributed by atoms with E-state index in [-0.39, 0.29) is 18.2 Å². The number of aliphatic imine (C=N–C) groups is 1. The first kappa shape index (κ1) is 16.0. The highest BCUT2D eigenvalue weighted by Gasteiger charge is 2.13. The van der Waals surface area contributed by atoms with Crippen LogP contribution in [0.2, 0.25) is 0 Å². The second-order valence-corrected chi connectivity index (χ2v) is 2.92. The molecule has 4 N–H and O–H groups in total. The van der Waals surface area contributed by atoms with E-state index < -0.39 is 12.0 Å². The lowest BCUT2D eigenvalue weighted by molar-refractivity contribution is -0.138. The van der Waals surface area contributed by atoms with Crippen LogP contribution in [0.3, 0.4) is 0 Å². The fraction of sp³-hybridized carbons (Fsp3) is 0.714. The first-order valence-electron chi connectivity index (χ1n) is 3.91. The molecule has 0 saturated heterocycles. The quantitative estimate of drug-likeness (QED) is 0.224. The summed E-state index contributed by atoms with van der Waals surface area (Å²) < 4.78 is 0. The van der Waals surface area contributed by atoms with Crippen molar-refractivity contribution in [3.05, 3.63) is 0 Å². The highest BCUT2D eigenvalue weighted by molar-refractivity contribution is 7.80. The number of carbonyl (C=O) groups is 1. The number of nitrogens with zero attached hydrogens (tertiary/aromatic N) is 1. The smallest absolute Gasteiger partial charge is 0.321 e. The van der Waals surface area contributed by atoms with Crippen LogP contribution < -0.4 is 11.1 Å². The molecule has 0 aliphatic carbocycles. The third kappa shape index (κ3) is 8.15. The van der Waals surface area contributed by atoms with Gasteiger partial charge in [-0.2, -0.15) is 12.6 Å². The second-order valence-electron chi connectivity index (χ2n) is 2.55. The van der Waals surface area contributed by atoms with Gasteiger partial charge in [0.2, 0.25) is 0 Å². The van der Waals surface area contributed by atoms with E-state index in [9.17, 15) is 4.79 Å². The van der Waals surface area contributed by atoms with Crippen molar-refractivity contribution >= 4 is 36.8 Å². The summed E-state index contributed by atoms with van der Waals surface area (Å²) in [4.78, 5) is 14.4. The number of carboxylic acids is 1. The molecule has 0 radical (unpaired) electrons. The molecule has 1 atom stereocenters. The van der Waals surface area contributed by atoms with Crippen molar-refractivity contribution in [2.24, 2.45) is 10.7 Å². The van der Waals surface area contributed by atoms with E-state index >= 15 is 0 Å². The molecular formula is C7H16ClN3O2S. The number of hydrogen-bond acceptors (Lipinski definition) is 4. The molecule has 0 amide bonds. The van der Waals surface area contributed by atoms with Gasteiger partial charge in [-0.25, -0.2) is 0 Å². The summed E-state index contributed by atoms with van der Waals surface area (Å²) in [6.45, 7) is 2.67. The van der Waals surface area contributed by atoms with Crippen LogP contribution in [0.25, 0.3) is 0 Å². The monoisotopic (exact) mass is 241 g/mol. The van der Waals surface area contributed by atoms with Crippen LogP contribution >= 0.6 is 25.0 Å². The fourth-order valence-electron chi connectivity index (χ4n) is 0.701. The van der Waals surface area contributed by atoms with Crippen LogP contribution in [0.4, 0.5) is 0 Å². The highest BCUT2D eigenvalue weighted by Crippen LogP contribution is 1.87. The average molecular weight is 242 g/mol. The molecule has 0 aliphatic rings. The summed E-state index contributed by atoms with van der Waals surface area (Å²) in [5.41, 5.74) is 5.29. The molecule has 14 heavy (non-hydrogen) atoms. The summed E-state index contributed by atoms with van der Waals surface area (Å²) in [6.07, 6.45) is 0. The summed E-state index contributed by atoms with van der Waals surface area (Å²) in [5.74, 6) is -0.135. The summed E-state index contributed by atoms with van der Waals surface area (Å²) in [5, 5.41) is 11.4. The van der Waals surface area contributed by atoms with E-state index in [4.69, 9.17) is 10.8 Å². The van der Waals surface area contributed by atoms with Gasteiger partial charge in [-0.3, -0.25) is 9.79 Å². The molecule has 0 rings (SSSR count). The van der Waals surface area contributed by atoms with Crippen molar-refractivity contribution < 1.29 is 9.90 Å². The zero-order valence-corrected chi connectivity index (χ0v) is 9.65. The summed E-state index contributed by atoms with van der Waals surface area (Å²) >= 11 is 3.89. The Morgan fingerprint density at radius 2 is 2.29 bits per heavy atom. The minimum atomic E-state index is -0.900. The van der Waals surface area contributed by atoms with Gasteiger partial charge in [0.1, 0.15) is 6.04 Å². The SMILES string of the molecule is CC(N)=NCCN[C@@H](CS)C(=O)O.Cl.